The molecule has 2 aliphatic rings. The number of hydrogen-bond donors (Lipinski definition) is 1. The molecule has 2 heterocycles. The Morgan fingerprint density at radius 1 is 1.32 bits per heavy atom. The molecule has 1 N–H and O–H groups in total. The summed E-state index contributed by atoms with van der Waals surface area (Å²) in [5.41, 5.74) is 1.37. The first-order chi connectivity index (χ1) is 9.26. The summed E-state index contributed by atoms with van der Waals surface area (Å²) < 4.78 is 0. The first-order valence-corrected chi connectivity index (χ1v) is 7.89. The second-order valence-corrected chi connectivity index (χ2v) is 6.34. The van der Waals surface area contributed by atoms with Gasteiger partial charge in [0.15, 0.2) is 0 Å². The highest BCUT2D eigenvalue weighted by Gasteiger charge is 2.31. The van der Waals surface area contributed by atoms with Crippen molar-refractivity contribution in [2.45, 2.75) is 50.7 Å². The van der Waals surface area contributed by atoms with Crippen LogP contribution in [0.5, 0.6) is 0 Å². The van der Waals surface area contributed by atoms with Gasteiger partial charge in [0.1, 0.15) is 0 Å². The molecule has 3 unspecified atom stereocenters. The van der Waals surface area contributed by atoms with Crippen LogP contribution < -0.4 is 5.32 Å². The normalized spacial score (nSPS) is 29.2. The van der Waals surface area contributed by atoms with Gasteiger partial charge >= 0.3 is 0 Å². The highest BCUT2D eigenvalue weighted by Crippen LogP contribution is 2.30. The van der Waals surface area contributed by atoms with Crippen molar-refractivity contribution >= 4 is 11.6 Å². The average Bonchev–Trinajstić information content (AvgIpc) is 2.73. The predicted octanol–water partition coefficient (Wildman–Crippen LogP) is 3.62. The molecule has 3 atom stereocenters. The molecule has 1 aromatic rings. The zero-order valence-corrected chi connectivity index (χ0v) is 12.4. The number of likely N-dealkylation sites (tertiary alicyclic amines) is 1. The second kappa shape index (κ2) is 5.82. The minimum atomic E-state index is 0.514. The average molecular weight is 279 g/mol. The van der Waals surface area contributed by atoms with Crippen molar-refractivity contribution in [1.29, 1.82) is 0 Å². The van der Waals surface area contributed by atoms with Crippen LogP contribution in [0.1, 0.15) is 44.2 Å². The molecule has 0 amide bonds. The van der Waals surface area contributed by atoms with E-state index < -0.39 is 0 Å². The van der Waals surface area contributed by atoms with Crippen molar-refractivity contribution in [1.82, 2.24) is 10.2 Å². The quantitative estimate of drug-likeness (QED) is 0.909. The van der Waals surface area contributed by atoms with Gasteiger partial charge in [0.25, 0.3) is 0 Å². The molecule has 3 heteroatoms. The van der Waals surface area contributed by atoms with E-state index in [4.69, 9.17) is 11.6 Å². The SMILES string of the molecule is CCC(c1cccc(Cl)c1)N1CCC2CCC(C1)N2. The lowest BCUT2D eigenvalue weighted by molar-refractivity contribution is 0.182. The number of halogens is 1. The Morgan fingerprint density at radius 3 is 2.95 bits per heavy atom. The summed E-state index contributed by atoms with van der Waals surface area (Å²) >= 11 is 6.15. The number of hydrogen-bond acceptors (Lipinski definition) is 2. The molecule has 2 saturated heterocycles. The lowest BCUT2D eigenvalue weighted by Gasteiger charge is -2.32. The summed E-state index contributed by atoms with van der Waals surface area (Å²) in [7, 11) is 0. The first-order valence-electron chi connectivity index (χ1n) is 7.52. The van der Waals surface area contributed by atoms with Gasteiger partial charge in [-0.15, -0.1) is 0 Å². The van der Waals surface area contributed by atoms with Crippen LogP contribution in [0.25, 0.3) is 0 Å². The molecule has 1 aromatic carbocycles. The minimum Gasteiger partial charge on any atom is -0.310 e. The van der Waals surface area contributed by atoms with Gasteiger partial charge in [-0.05, 0) is 43.4 Å². The third-order valence-corrected chi connectivity index (χ3v) is 4.85. The molecule has 104 valence electrons. The topological polar surface area (TPSA) is 15.3 Å². The fraction of sp³-hybridized carbons (Fsp3) is 0.625. The fourth-order valence-corrected chi connectivity index (χ4v) is 3.87. The van der Waals surface area contributed by atoms with Crippen molar-refractivity contribution in [3.63, 3.8) is 0 Å². The molecule has 0 saturated carbocycles. The fourth-order valence-electron chi connectivity index (χ4n) is 3.67. The van der Waals surface area contributed by atoms with Crippen LogP contribution in [0.3, 0.4) is 0 Å². The van der Waals surface area contributed by atoms with E-state index in [0.29, 0.717) is 12.1 Å². The number of nitrogens with zero attached hydrogens (tertiary/aromatic N) is 1. The summed E-state index contributed by atoms with van der Waals surface area (Å²) in [4.78, 5) is 2.66. The zero-order valence-electron chi connectivity index (χ0n) is 11.6. The predicted molar refractivity (Wildman–Crippen MR) is 80.6 cm³/mol. The lowest BCUT2D eigenvalue weighted by Crippen LogP contribution is -2.37. The van der Waals surface area contributed by atoms with Crippen LogP contribution in [-0.4, -0.2) is 30.1 Å². The van der Waals surface area contributed by atoms with Crippen LogP contribution in [0.2, 0.25) is 5.02 Å². The van der Waals surface area contributed by atoms with Gasteiger partial charge in [0.05, 0.1) is 0 Å². The van der Waals surface area contributed by atoms with Crippen molar-refractivity contribution in [3.05, 3.63) is 34.9 Å². The smallest absolute Gasteiger partial charge is 0.0409 e. The van der Waals surface area contributed by atoms with Gasteiger partial charge in [-0.2, -0.15) is 0 Å². The standard InChI is InChI=1S/C16H23ClN2/c1-2-16(12-4-3-5-13(17)10-12)19-9-8-14-6-7-15(11-19)18-14/h3-5,10,14-16,18H,2,6-9,11H2,1H3. The molecule has 3 rings (SSSR count). The largest absolute Gasteiger partial charge is 0.310 e. The molecular formula is C16H23ClN2. The molecule has 0 aromatic heterocycles. The van der Waals surface area contributed by atoms with Gasteiger partial charge in [0.2, 0.25) is 0 Å². The summed E-state index contributed by atoms with van der Waals surface area (Å²) in [5, 5.41) is 4.61. The molecule has 0 aliphatic carbocycles. The Labute approximate surface area is 121 Å². The number of fused-ring (bicyclic) bond motifs is 2. The maximum atomic E-state index is 6.15. The van der Waals surface area contributed by atoms with Gasteiger partial charge in [0, 0.05) is 36.2 Å². The second-order valence-electron chi connectivity index (χ2n) is 5.90. The van der Waals surface area contributed by atoms with E-state index in [1.165, 1.54) is 37.9 Å². The highest BCUT2D eigenvalue weighted by atomic mass is 35.5. The van der Waals surface area contributed by atoms with Gasteiger partial charge in [-0.1, -0.05) is 30.7 Å². The Kier molecular flexibility index (Phi) is 4.11. The number of rotatable bonds is 3. The summed E-state index contributed by atoms with van der Waals surface area (Å²) in [6, 6.07) is 10.3. The molecule has 2 fully saturated rings. The molecule has 19 heavy (non-hydrogen) atoms. The van der Waals surface area contributed by atoms with E-state index in [2.05, 4.69) is 35.3 Å². The van der Waals surface area contributed by atoms with Crippen LogP contribution in [0, 0.1) is 0 Å². The lowest BCUT2D eigenvalue weighted by atomic mass is 10.00. The van der Waals surface area contributed by atoms with Crippen LogP contribution in [0.4, 0.5) is 0 Å². The van der Waals surface area contributed by atoms with Crippen LogP contribution >= 0.6 is 11.6 Å². The Bertz CT molecular complexity index is 435. The maximum absolute atomic E-state index is 6.15. The summed E-state index contributed by atoms with van der Waals surface area (Å²) in [5.74, 6) is 0. The van der Waals surface area contributed by atoms with E-state index in [-0.39, 0.29) is 0 Å². The Morgan fingerprint density at radius 2 is 2.16 bits per heavy atom. The van der Waals surface area contributed by atoms with Gasteiger partial charge in [-0.25, -0.2) is 0 Å². The Balaban J connectivity index is 1.78. The maximum Gasteiger partial charge on any atom is 0.0409 e. The zero-order chi connectivity index (χ0) is 13.2. The van der Waals surface area contributed by atoms with Crippen molar-refractivity contribution < 1.29 is 0 Å². The van der Waals surface area contributed by atoms with Crippen molar-refractivity contribution in [3.8, 4) is 0 Å². The number of benzene rings is 1. The molecule has 2 bridgehead atoms. The van der Waals surface area contributed by atoms with E-state index in [1.54, 1.807) is 0 Å². The molecular weight excluding hydrogens is 256 g/mol. The third-order valence-electron chi connectivity index (χ3n) is 4.62. The monoisotopic (exact) mass is 278 g/mol. The van der Waals surface area contributed by atoms with E-state index in [9.17, 15) is 0 Å². The van der Waals surface area contributed by atoms with Crippen LogP contribution in [-0.2, 0) is 0 Å². The Hall–Kier alpha value is -0.570. The van der Waals surface area contributed by atoms with Crippen molar-refractivity contribution in [2.75, 3.05) is 13.1 Å². The third kappa shape index (κ3) is 2.96. The van der Waals surface area contributed by atoms with Gasteiger partial charge < -0.3 is 5.32 Å². The molecule has 2 aliphatic heterocycles. The molecule has 0 spiro atoms. The summed E-state index contributed by atoms with van der Waals surface area (Å²) in [6.07, 6.45) is 5.14. The molecule has 0 radical (unpaired) electrons. The van der Waals surface area contributed by atoms with Gasteiger partial charge in [-0.3, -0.25) is 4.90 Å². The van der Waals surface area contributed by atoms with E-state index in [1.807, 2.05) is 6.07 Å². The highest BCUT2D eigenvalue weighted by molar-refractivity contribution is 6.30. The first kappa shape index (κ1) is 13.4. The summed E-state index contributed by atoms with van der Waals surface area (Å²) in [6.45, 7) is 4.67. The van der Waals surface area contributed by atoms with Crippen molar-refractivity contribution in [2.24, 2.45) is 0 Å². The number of nitrogens with one attached hydrogen (secondary N) is 1. The minimum absolute atomic E-state index is 0.514. The van der Waals surface area contributed by atoms with E-state index >= 15 is 0 Å². The van der Waals surface area contributed by atoms with E-state index in [0.717, 1.165) is 17.5 Å². The molecule has 2 nitrogen and oxygen atoms in total. The van der Waals surface area contributed by atoms with Crippen LogP contribution in [0.15, 0.2) is 24.3 Å².